The molecule has 29 heavy (non-hydrogen) atoms. The minimum Gasteiger partial charge on any atom is -0.379 e. The number of amides is 2. The summed E-state index contributed by atoms with van der Waals surface area (Å²) in [7, 11) is -3.75. The lowest BCUT2D eigenvalue weighted by Gasteiger charge is -2.26. The maximum atomic E-state index is 12.8. The molecule has 3 rings (SSSR count). The van der Waals surface area contributed by atoms with E-state index in [1.54, 1.807) is 31.2 Å². The molecule has 1 aliphatic rings. The quantitative estimate of drug-likeness (QED) is 0.709. The number of nitrogens with one attached hydrogen (secondary N) is 2. The van der Waals surface area contributed by atoms with Crippen LogP contribution in [-0.4, -0.2) is 50.8 Å². The first-order valence-corrected chi connectivity index (χ1v) is 10.7. The average Bonchev–Trinajstić information content (AvgIpc) is 2.73. The second kappa shape index (κ2) is 8.91. The maximum absolute atomic E-state index is 12.8. The van der Waals surface area contributed by atoms with E-state index in [9.17, 15) is 18.0 Å². The SMILES string of the molecule is Cc1ccc(S(=O)(=O)N2CCOCC2)cc1C(=O)NNC(=O)c1ccccc1Cl. The standard InChI is InChI=1S/C19H20ClN3O5S/c1-13-6-7-14(29(26,27)23-8-10-28-11-9-23)12-16(13)19(25)22-21-18(24)15-4-2-3-5-17(15)20/h2-7,12H,8-11H2,1H3,(H,21,24)(H,22,25). The summed E-state index contributed by atoms with van der Waals surface area (Å²) in [5, 5.41) is 0.244. The van der Waals surface area contributed by atoms with Crippen molar-refractivity contribution in [3.05, 3.63) is 64.2 Å². The van der Waals surface area contributed by atoms with Gasteiger partial charge >= 0.3 is 0 Å². The largest absolute Gasteiger partial charge is 0.379 e. The van der Waals surface area contributed by atoms with Crippen molar-refractivity contribution in [2.45, 2.75) is 11.8 Å². The first-order valence-electron chi connectivity index (χ1n) is 8.84. The number of sulfonamides is 1. The number of ether oxygens (including phenoxy) is 1. The molecular weight excluding hydrogens is 418 g/mol. The van der Waals surface area contributed by atoms with Crippen LogP contribution in [0, 0.1) is 6.92 Å². The van der Waals surface area contributed by atoms with Gasteiger partial charge < -0.3 is 4.74 Å². The minimum atomic E-state index is -3.75. The summed E-state index contributed by atoms with van der Waals surface area (Å²) in [6.07, 6.45) is 0. The first-order chi connectivity index (χ1) is 13.8. The lowest BCUT2D eigenvalue weighted by atomic mass is 10.1. The molecule has 2 aromatic carbocycles. The Kier molecular flexibility index (Phi) is 6.53. The molecule has 0 saturated carbocycles. The Hall–Kier alpha value is -2.46. The zero-order valence-corrected chi connectivity index (χ0v) is 17.2. The monoisotopic (exact) mass is 437 g/mol. The second-order valence-electron chi connectivity index (χ2n) is 6.38. The van der Waals surface area contributed by atoms with Gasteiger partial charge in [-0.1, -0.05) is 29.8 Å². The Labute approximate surface area is 173 Å². The predicted molar refractivity (Wildman–Crippen MR) is 107 cm³/mol. The van der Waals surface area contributed by atoms with Crippen LogP contribution in [0.3, 0.4) is 0 Å². The van der Waals surface area contributed by atoms with E-state index in [0.29, 0.717) is 18.8 Å². The van der Waals surface area contributed by atoms with Gasteiger partial charge in [-0.05, 0) is 36.8 Å². The molecule has 2 N–H and O–H groups in total. The van der Waals surface area contributed by atoms with E-state index in [1.807, 2.05) is 0 Å². The number of carbonyl (C=O) groups is 2. The van der Waals surface area contributed by atoms with Crippen LogP contribution in [0.4, 0.5) is 0 Å². The summed E-state index contributed by atoms with van der Waals surface area (Å²) in [6.45, 7) is 2.84. The molecule has 0 radical (unpaired) electrons. The fourth-order valence-electron chi connectivity index (χ4n) is 2.84. The van der Waals surface area contributed by atoms with Gasteiger partial charge in [-0.25, -0.2) is 8.42 Å². The fraction of sp³-hybridized carbons (Fsp3) is 0.263. The third-order valence-electron chi connectivity index (χ3n) is 4.47. The van der Waals surface area contributed by atoms with Gasteiger partial charge in [-0.3, -0.25) is 20.4 Å². The molecule has 0 bridgehead atoms. The maximum Gasteiger partial charge on any atom is 0.271 e. The smallest absolute Gasteiger partial charge is 0.271 e. The zero-order valence-electron chi connectivity index (χ0n) is 15.6. The number of hydrogen-bond donors (Lipinski definition) is 2. The van der Waals surface area contributed by atoms with Crippen LogP contribution in [-0.2, 0) is 14.8 Å². The Bertz CT molecular complexity index is 1040. The van der Waals surface area contributed by atoms with Gasteiger partial charge in [-0.2, -0.15) is 4.31 Å². The Balaban J connectivity index is 1.76. The van der Waals surface area contributed by atoms with Crippen molar-refractivity contribution < 1.29 is 22.7 Å². The summed E-state index contributed by atoms with van der Waals surface area (Å²) < 4.78 is 32.1. The van der Waals surface area contributed by atoms with Gasteiger partial charge in [0.25, 0.3) is 11.8 Å². The topological polar surface area (TPSA) is 105 Å². The van der Waals surface area contributed by atoms with E-state index < -0.39 is 21.8 Å². The molecule has 1 saturated heterocycles. The van der Waals surface area contributed by atoms with E-state index in [4.69, 9.17) is 16.3 Å². The number of halogens is 1. The van der Waals surface area contributed by atoms with Crippen molar-refractivity contribution in [3.8, 4) is 0 Å². The van der Waals surface area contributed by atoms with Gasteiger partial charge in [0.2, 0.25) is 10.0 Å². The molecule has 0 atom stereocenters. The lowest BCUT2D eigenvalue weighted by Crippen LogP contribution is -2.42. The van der Waals surface area contributed by atoms with Crippen molar-refractivity contribution >= 4 is 33.4 Å². The van der Waals surface area contributed by atoms with Crippen LogP contribution in [0.1, 0.15) is 26.3 Å². The van der Waals surface area contributed by atoms with Crippen molar-refractivity contribution in [2.75, 3.05) is 26.3 Å². The second-order valence-corrected chi connectivity index (χ2v) is 8.73. The van der Waals surface area contributed by atoms with Crippen LogP contribution in [0.5, 0.6) is 0 Å². The Morgan fingerprint density at radius 3 is 2.28 bits per heavy atom. The zero-order chi connectivity index (χ0) is 21.0. The summed E-state index contributed by atoms with van der Waals surface area (Å²) in [4.78, 5) is 24.8. The molecule has 0 unspecified atom stereocenters. The molecule has 2 aromatic rings. The third kappa shape index (κ3) is 4.76. The molecule has 10 heteroatoms. The highest BCUT2D eigenvalue weighted by molar-refractivity contribution is 7.89. The molecule has 0 aliphatic carbocycles. The predicted octanol–water partition coefficient (Wildman–Crippen LogP) is 1.74. The number of aryl methyl sites for hydroxylation is 1. The molecule has 1 aliphatic heterocycles. The number of morpholine rings is 1. The molecule has 8 nitrogen and oxygen atoms in total. The lowest BCUT2D eigenvalue weighted by molar-refractivity contribution is 0.0730. The number of hydrazine groups is 1. The molecule has 0 spiro atoms. The van der Waals surface area contributed by atoms with Gasteiger partial charge in [0, 0.05) is 18.7 Å². The number of carbonyl (C=O) groups excluding carboxylic acids is 2. The van der Waals surface area contributed by atoms with E-state index in [-0.39, 0.29) is 34.1 Å². The average molecular weight is 438 g/mol. The Morgan fingerprint density at radius 2 is 1.62 bits per heavy atom. The molecule has 1 fully saturated rings. The van der Waals surface area contributed by atoms with Gasteiger partial charge in [0.05, 0.1) is 28.7 Å². The van der Waals surface area contributed by atoms with E-state index in [2.05, 4.69) is 10.9 Å². The van der Waals surface area contributed by atoms with Crippen LogP contribution in [0.15, 0.2) is 47.4 Å². The summed E-state index contributed by atoms with van der Waals surface area (Å²) in [5.41, 5.74) is 5.49. The van der Waals surface area contributed by atoms with Crippen molar-refractivity contribution in [1.29, 1.82) is 0 Å². The van der Waals surface area contributed by atoms with Crippen LogP contribution in [0.25, 0.3) is 0 Å². The van der Waals surface area contributed by atoms with Gasteiger partial charge in [0.15, 0.2) is 0 Å². The molecular formula is C19H20ClN3O5S. The highest BCUT2D eigenvalue weighted by Gasteiger charge is 2.27. The van der Waals surface area contributed by atoms with Crippen molar-refractivity contribution in [3.63, 3.8) is 0 Å². The van der Waals surface area contributed by atoms with E-state index in [0.717, 1.165) is 0 Å². The number of nitrogens with zero attached hydrogens (tertiary/aromatic N) is 1. The molecule has 2 amide bonds. The van der Waals surface area contributed by atoms with Crippen molar-refractivity contribution in [2.24, 2.45) is 0 Å². The summed E-state index contributed by atoms with van der Waals surface area (Å²) in [6, 6.07) is 10.7. The van der Waals surface area contributed by atoms with Crippen LogP contribution < -0.4 is 10.9 Å². The van der Waals surface area contributed by atoms with Crippen LogP contribution >= 0.6 is 11.6 Å². The first kappa shape index (κ1) is 21.3. The van der Waals surface area contributed by atoms with Gasteiger partial charge in [0.1, 0.15) is 0 Å². The fourth-order valence-corrected chi connectivity index (χ4v) is 4.49. The number of hydrogen-bond acceptors (Lipinski definition) is 5. The summed E-state index contributed by atoms with van der Waals surface area (Å²) >= 11 is 5.97. The Morgan fingerprint density at radius 1 is 1.00 bits per heavy atom. The molecule has 1 heterocycles. The van der Waals surface area contributed by atoms with E-state index in [1.165, 1.54) is 22.5 Å². The van der Waals surface area contributed by atoms with Crippen molar-refractivity contribution in [1.82, 2.24) is 15.2 Å². The normalized spacial score (nSPS) is 15.0. The number of benzene rings is 2. The highest BCUT2D eigenvalue weighted by Crippen LogP contribution is 2.20. The van der Waals surface area contributed by atoms with E-state index >= 15 is 0 Å². The van der Waals surface area contributed by atoms with Gasteiger partial charge in [-0.15, -0.1) is 0 Å². The number of rotatable bonds is 4. The molecule has 154 valence electrons. The molecule has 0 aromatic heterocycles. The van der Waals surface area contributed by atoms with Crippen LogP contribution in [0.2, 0.25) is 5.02 Å². The highest BCUT2D eigenvalue weighted by atomic mass is 35.5. The third-order valence-corrected chi connectivity index (χ3v) is 6.69. The minimum absolute atomic E-state index is 0.00702. The summed E-state index contributed by atoms with van der Waals surface area (Å²) in [5.74, 6) is -1.22.